The molecule has 1 atom stereocenters. The van der Waals surface area contributed by atoms with E-state index in [4.69, 9.17) is 5.11 Å². The van der Waals surface area contributed by atoms with E-state index < -0.39 is 27.7 Å². The predicted octanol–water partition coefficient (Wildman–Crippen LogP) is 3.33. The molecule has 0 bridgehead atoms. The number of benzene rings is 1. The Bertz CT molecular complexity index is 1090. The van der Waals surface area contributed by atoms with Crippen molar-refractivity contribution in [2.24, 2.45) is 0 Å². The molecule has 1 saturated heterocycles. The number of nitrogens with zero attached hydrogens (tertiary/aromatic N) is 3. The Labute approximate surface area is 184 Å². The summed E-state index contributed by atoms with van der Waals surface area (Å²) in [6.45, 7) is 4.13. The average molecular weight is 472 g/mol. The van der Waals surface area contributed by atoms with E-state index in [9.17, 15) is 26.4 Å². The summed E-state index contributed by atoms with van der Waals surface area (Å²) in [5.41, 5.74) is 0.279. The minimum Gasteiger partial charge on any atom is -0.481 e. The molecule has 1 aliphatic heterocycles. The third-order valence-electron chi connectivity index (χ3n) is 5.59. The fourth-order valence-electron chi connectivity index (χ4n) is 3.73. The summed E-state index contributed by atoms with van der Waals surface area (Å²) in [5.74, 6) is -0.688. The lowest BCUT2D eigenvalue weighted by Crippen LogP contribution is -2.54. The Morgan fingerprint density at radius 3 is 2.50 bits per heavy atom. The van der Waals surface area contributed by atoms with Crippen molar-refractivity contribution in [1.29, 1.82) is 0 Å². The number of alkyl halides is 3. The summed E-state index contributed by atoms with van der Waals surface area (Å²) in [6, 6.07) is 6.43. The predicted molar refractivity (Wildman–Crippen MR) is 112 cm³/mol. The molecule has 7 nitrogen and oxygen atoms in total. The van der Waals surface area contributed by atoms with Crippen LogP contribution >= 0.6 is 0 Å². The van der Waals surface area contributed by atoms with Gasteiger partial charge in [0.2, 0.25) is 10.0 Å². The molecule has 2 heterocycles. The maximum atomic E-state index is 13.2. The zero-order valence-corrected chi connectivity index (χ0v) is 18.4. The fraction of sp³-hybridized carbons (Fsp3) is 0.429. The number of pyridine rings is 1. The highest BCUT2D eigenvalue weighted by Crippen LogP contribution is 2.31. The second-order valence-corrected chi connectivity index (χ2v) is 9.62. The van der Waals surface area contributed by atoms with Crippen LogP contribution < -0.4 is 4.90 Å². The van der Waals surface area contributed by atoms with Crippen molar-refractivity contribution in [1.82, 2.24) is 9.29 Å². The molecule has 2 aromatic rings. The Kier molecular flexibility index (Phi) is 6.80. The molecule has 0 amide bonds. The van der Waals surface area contributed by atoms with Crippen molar-refractivity contribution in [2.45, 2.75) is 43.8 Å². The molecular weight excluding hydrogens is 447 g/mol. The molecule has 1 fully saturated rings. The smallest absolute Gasteiger partial charge is 0.417 e. The van der Waals surface area contributed by atoms with Crippen LogP contribution in [0.1, 0.15) is 30.0 Å². The van der Waals surface area contributed by atoms with Crippen molar-refractivity contribution in [3.63, 3.8) is 0 Å². The SMILES string of the molecule is CCC1CN(S(=O)(=O)c2ccc(C)c(CC(=O)O)c2)CCN1c1ccc(C(F)(F)F)cn1. The van der Waals surface area contributed by atoms with Crippen LogP contribution in [0.4, 0.5) is 19.0 Å². The van der Waals surface area contributed by atoms with Crippen molar-refractivity contribution in [2.75, 3.05) is 24.5 Å². The third kappa shape index (κ3) is 5.04. The number of aryl methyl sites for hydroxylation is 1. The van der Waals surface area contributed by atoms with Gasteiger partial charge in [-0.3, -0.25) is 4.79 Å². The van der Waals surface area contributed by atoms with E-state index in [1.54, 1.807) is 13.0 Å². The third-order valence-corrected chi connectivity index (χ3v) is 7.45. The first-order valence-corrected chi connectivity index (χ1v) is 11.5. The number of piperazine rings is 1. The highest BCUT2D eigenvalue weighted by atomic mass is 32.2. The second-order valence-electron chi connectivity index (χ2n) is 7.68. The normalized spacial score (nSPS) is 18.0. The average Bonchev–Trinajstić information content (AvgIpc) is 2.73. The van der Waals surface area contributed by atoms with E-state index >= 15 is 0 Å². The zero-order chi connectivity index (χ0) is 23.7. The van der Waals surface area contributed by atoms with Gasteiger partial charge in [0.15, 0.2) is 0 Å². The van der Waals surface area contributed by atoms with Crippen molar-refractivity contribution < 1.29 is 31.5 Å². The van der Waals surface area contributed by atoms with Gasteiger partial charge in [0.05, 0.1) is 16.9 Å². The number of aliphatic carboxylic acids is 1. The van der Waals surface area contributed by atoms with Gasteiger partial charge in [-0.15, -0.1) is 0 Å². The van der Waals surface area contributed by atoms with Crippen LogP contribution in [0.25, 0.3) is 0 Å². The summed E-state index contributed by atoms with van der Waals surface area (Å²) in [7, 11) is -3.87. The number of hydrogen-bond donors (Lipinski definition) is 1. The number of carboxylic acid groups (broad SMARTS) is 1. The lowest BCUT2D eigenvalue weighted by molar-refractivity contribution is -0.138. The summed E-state index contributed by atoms with van der Waals surface area (Å²) < 4.78 is 66.2. The Morgan fingerprint density at radius 2 is 1.94 bits per heavy atom. The number of carboxylic acids is 1. The lowest BCUT2D eigenvalue weighted by Gasteiger charge is -2.41. The first-order chi connectivity index (χ1) is 14.9. The van der Waals surface area contributed by atoms with E-state index in [0.29, 0.717) is 23.4 Å². The Hall–Kier alpha value is -2.66. The number of aromatic nitrogens is 1. The first-order valence-electron chi connectivity index (χ1n) is 10.0. The molecule has 1 aliphatic rings. The maximum Gasteiger partial charge on any atom is 0.417 e. The maximum absolute atomic E-state index is 13.2. The fourth-order valence-corrected chi connectivity index (χ4v) is 5.25. The molecule has 1 aromatic heterocycles. The van der Waals surface area contributed by atoms with Gasteiger partial charge in [0.1, 0.15) is 5.82 Å². The summed E-state index contributed by atoms with van der Waals surface area (Å²) in [4.78, 5) is 16.9. The summed E-state index contributed by atoms with van der Waals surface area (Å²) >= 11 is 0. The molecule has 1 N–H and O–H groups in total. The van der Waals surface area contributed by atoms with E-state index in [2.05, 4.69) is 4.98 Å². The van der Waals surface area contributed by atoms with E-state index in [1.165, 1.54) is 22.5 Å². The van der Waals surface area contributed by atoms with Crippen molar-refractivity contribution in [3.8, 4) is 0 Å². The second kappa shape index (κ2) is 9.07. The van der Waals surface area contributed by atoms with Gasteiger partial charge >= 0.3 is 12.1 Å². The van der Waals surface area contributed by atoms with Gasteiger partial charge < -0.3 is 10.0 Å². The van der Waals surface area contributed by atoms with Crippen LogP contribution in [-0.2, 0) is 27.4 Å². The van der Waals surface area contributed by atoms with Crippen molar-refractivity contribution >= 4 is 21.8 Å². The molecule has 0 spiro atoms. The largest absolute Gasteiger partial charge is 0.481 e. The minimum absolute atomic E-state index is 0.0234. The van der Waals surface area contributed by atoms with Gasteiger partial charge in [0.25, 0.3) is 0 Å². The highest BCUT2D eigenvalue weighted by Gasteiger charge is 2.35. The molecule has 1 unspecified atom stereocenters. The lowest BCUT2D eigenvalue weighted by atomic mass is 10.1. The zero-order valence-electron chi connectivity index (χ0n) is 17.6. The molecule has 32 heavy (non-hydrogen) atoms. The Balaban J connectivity index is 1.82. The number of rotatable bonds is 6. The number of anilines is 1. The standard InChI is InChI=1S/C21H24F3N3O4S/c1-3-17-13-26(8-9-27(17)19-7-5-16(12-25-19)21(22,23)24)32(30,31)18-6-4-14(2)15(10-18)11-20(28)29/h4-7,10,12,17H,3,8-9,11,13H2,1-2H3,(H,28,29). The molecule has 0 radical (unpaired) electrons. The van der Waals surface area contributed by atoms with Gasteiger partial charge in [0, 0.05) is 31.9 Å². The van der Waals surface area contributed by atoms with E-state index in [0.717, 1.165) is 12.3 Å². The quantitative estimate of drug-likeness (QED) is 0.695. The van der Waals surface area contributed by atoms with E-state index in [1.807, 2.05) is 11.8 Å². The van der Waals surface area contributed by atoms with Crippen LogP contribution in [0.2, 0.25) is 0 Å². The molecule has 0 aliphatic carbocycles. The number of carbonyl (C=O) groups is 1. The summed E-state index contributed by atoms with van der Waals surface area (Å²) in [5, 5.41) is 9.07. The first kappa shape index (κ1) is 24.0. The molecule has 3 rings (SSSR count). The molecule has 1 aromatic carbocycles. The highest BCUT2D eigenvalue weighted by molar-refractivity contribution is 7.89. The van der Waals surface area contributed by atoms with Crippen molar-refractivity contribution in [3.05, 3.63) is 53.2 Å². The van der Waals surface area contributed by atoms with Crippen LogP contribution in [-0.4, -0.2) is 54.5 Å². The van der Waals surface area contributed by atoms with Gasteiger partial charge in [-0.25, -0.2) is 13.4 Å². The number of hydrogen-bond acceptors (Lipinski definition) is 5. The summed E-state index contributed by atoms with van der Waals surface area (Å²) in [6.07, 6.45) is -3.41. The number of sulfonamides is 1. The van der Waals surface area contributed by atoms with Crippen LogP contribution in [0.5, 0.6) is 0 Å². The van der Waals surface area contributed by atoms with Gasteiger partial charge in [-0.2, -0.15) is 17.5 Å². The van der Waals surface area contributed by atoms with Gasteiger partial charge in [-0.1, -0.05) is 13.0 Å². The minimum atomic E-state index is -4.48. The van der Waals surface area contributed by atoms with E-state index in [-0.39, 0.29) is 37.0 Å². The monoisotopic (exact) mass is 471 g/mol. The van der Waals surface area contributed by atoms with Crippen LogP contribution in [0.3, 0.4) is 0 Å². The van der Waals surface area contributed by atoms with Crippen LogP contribution in [0, 0.1) is 6.92 Å². The molecule has 0 saturated carbocycles. The Morgan fingerprint density at radius 1 is 1.22 bits per heavy atom. The number of halogens is 3. The molecule has 11 heteroatoms. The topological polar surface area (TPSA) is 90.8 Å². The van der Waals surface area contributed by atoms with Gasteiger partial charge in [-0.05, 0) is 48.7 Å². The molecular formula is C21H24F3N3O4S. The van der Waals surface area contributed by atoms with Crippen LogP contribution in [0.15, 0.2) is 41.4 Å². The molecule has 174 valence electrons.